The van der Waals surface area contributed by atoms with Gasteiger partial charge in [0.25, 0.3) is 5.56 Å². The van der Waals surface area contributed by atoms with Gasteiger partial charge in [-0.2, -0.15) is 0 Å². The second kappa shape index (κ2) is 9.75. The summed E-state index contributed by atoms with van der Waals surface area (Å²) >= 11 is 6.35. The average Bonchev–Trinajstić information content (AvgIpc) is 2.82. The molecule has 0 unspecified atom stereocenters. The van der Waals surface area contributed by atoms with Gasteiger partial charge in [0.15, 0.2) is 5.82 Å². The van der Waals surface area contributed by atoms with Crippen molar-refractivity contribution in [2.24, 2.45) is 0 Å². The first-order valence-electron chi connectivity index (χ1n) is 11.0. The average molecular weight is 513 g/mol. The number of aromatic nitrogens is 4. The molecule has 0 aliphatic rings. The molecule has 10 heteroatoms. The molecule has 4 rings (SSSR count). The highest BCUT2D eigenvalue weighted by Crippen LogP contribution is 2.28. The highest BCUT2D eigenvalue weighted by molar-refractivity contribution is 6.31. The van der Waals surface area contributed by atoms with Crippen molar-refractivity contribution < 1.29 is 18.6 Å². The van der Waals surface area contributed by atoms with Crippen LogP contribution in [0.2, 0.25) is 5.02 Å². The fraction of sp³-hybridized carbons (Fsp3) is 0.231. The fourth-order valence-corrected chi connectivity index (χ4v) is 3.78. The smallest absolute Gasteiger partial charge is 0.277 e. The van der Waals surface area contributed by atoms with E-state index in [-0.39, 0.29) is 28.8 Å². The number of nitrogens with zero attached hydrogens (tertiary/aromatic N) is 4. The van der Waals surface area contributed by atoms with Gasteiger partial charge in [0.1, 0.15) is 34.6 Å². The maximum Gasteiger partial charge on any atom is 0.277 e. The lowest BCUT2D eigenvalue weighted by atomic mass is 10.1. The monoisotopic (exact) mass is 512 g/mol. The summed E-state index contributed by atoms with van der Waals surface area (Å²) in [6.45, 7) is 6.39. The topological polar surface area (TPSA) is 90.1 Å². The molecule has 0 aliphatic heterocycles. The Morgan fingerprint density at radius 1 is 1.11 bits per heavy atom. The van der Waals surface area contributed by atoms with Crippen molar-refractivity contribution in [1.82, 2.24) is 19.5 Å². The molecule has 1 aromatic carbocycles. The number of hydrogen-bond donors (Lipinski definition) is 1. The largest absolute Gasteiger partial charge is 0.487 e. The maximum absolute atomic E-state index is 14.0. The van der Waals surface area contributed by atoms with Crippen molar-refractivity contribution in [3.8, 4) is 22.7 Å². The van der Waals surface area contributed by atoms with Crippen molar-refractivity contribution >= 4 is 11.6 Å². The molecule has 0 atom stereocenters. The molecule has 0 amide bonds. The highest BCUT2D eigenvalue weighted by atomic mass is 35.5. The first-order valence-corrected chi connectivity index (χ1v) is 11.4. The zero-order valence-electron chi connectivity index (χ0n) is 20.0. The van der Waals surface area contributed by atoms with Crippen LogP contribution in [0.1, 0.15) is 36.6 Å². The minimum atomic E-state index is -1.23. The molecule has 7 nitrogen and oxygen atoms in total. The van der Waals surface area contributed by atoms with Crippen LogP contribution in [0.5, 0.6) is 5.75 Å². The Bertz CT molecular complexity index is 1520. The van der Waals surface area contributed by atoms with Crippen molar-refractivity contribution in [3.63, 3.8) is 0 Å². The van der Waals surface area contributed by atoms with Gasteiger partial charge in [0.2, 0.25) is 0 Å². The molecule has 36 heavy (non-hydrogen) atoms. The Labute approximate surface area is 211 Å². The van der Waals surface area contributed by atoms with Crippen molar-refractivity contribution in [2.45, 2.75) is 39.9 Å². The molecule has 1 N–H and O–H groups in total. The van der Waals surface area contributed by atoms with Crippen LogP contribution in [0.3, 0.4) is 0 Å². The van der Waals surface area contributed by atoms with Gasteiger partial charge in [0, 0.05) is 41.3 Å². The molecule has 186 valence electrons. The lowest BCUT2D eigenvalue weighted by molar-refractivity contribution is 0.0688. The van der Waals surface area contributed by atoms with Gasteiger partial charge in [-0.3, -0.25) is 14.3 Å². The summed E-state index contributed by atoms with van der Waals surface area (Å²) in [5.74, 6) is -1.13. The van der Waals surface area contributed by atoms with Crippen molar-refractivity contribution in [3.05, 3.63) is 98.6 Å². The van der Waals surface area contributed by atoms with Gasteiger partial charge in [-0.25, -0.2) is 18.7 Å². The number of ether oxygens (including phenoxy) is 1. The van der Waals surface area contributed by atoms with E-state index in [0.29, 0.717) is 28.3 Å². The van der Waals surface area contributed by atoms with E-state index in [1.807, 2.05) is 0 Å². The molecule has 0 saturated carbocycles. The van der Waals surface area contributed by atoms with Gasteiger partial charge < -0.3 is 9.84 Å². The lowest BCUT2D eigenvalue weighted by Gasteiger charge is -2.18. The number of pyridine rings is 2. The van der Waals surface area contributed by atoms with E-state index in [2.05, 4.69) is 15.0 Å². The number of rotatable bonds is 6. The molecule has 0 radical (unpaired) electrons. The Balaban J connectivity index is 1.72. The van der Waals surface area contributed by atoms with Crippen LogP contribution in [0.4, 0.5) is 8.78 Å². The summed E-state index contributed by atoms with van der Waals surface area (Å²) in [6.07, 6.45) is 3.16. The molecule has 0 fully saturated rings. The predicted molar refractivity (Wildman–Crippen MR) is 131 cm³/mol. The fourth-order valence-electron chi connectivity index (χ4n) is 3.58. The number of halogens is 3. The summed E-state index contributed by atoms with van der Waals surface area (Å²) in [6, 6.07) is 8.14. The molecule has 0 bridgehead atoms. The predicted octanol–water partition coefficient (Wildman–Crippen LogP) is 5.04. The number of hydrogen-bond acceptors (Lipinski definition) is 6. The normalized spacial score (nSPS) is 11.6. The van der Waals surface area contributed by atoms with Gasteiger partial charge in [0.05, 0.1) is 17.1 Å². The van der Waals surface area contributed by atoms with E-state index >= 15 is 0 Å². The summed E-state index contributed by atoms with van der Waals surface area (Å²) < 4.78 is 34.1. The minimum absolute atomic E-state index is 0.0755. The summed E-state index contributed by atoms with van der Waals surface area (Å²) in [5, 5.41) is 10.1. The zero-order valence-corrected chi connectivity index (χ0v) is 20.8. The molecule has 0 saturated heterocycles. The molecular weight excluding hydrogens is 490 g/mol. The van der Waals surface area contributed by atoms with Gasteiger partial charge in [-0.15, -0.1) is 0 Å². The summed E-state index contributed by atoms with van der Waals surface area (Å²) in [7, 11) is 0. The van der Waals surface area contributed by atoms with Crippen molar-refractivity contribution in [1.29, 1.82) is 0 Å². The van der Waals surface area contributed by atoms with Crippen LogP contribution in [0, 0.1) is 25.5 Å². The van der Waals surface area contributed by atoms with Crippen LogP contribution < -0.4 is 10.3 Å². The van der Waals surface area contributed by atoms with E-state index in [4.69, 9.17) is 16.3 Å². The quantitative estimate of drug-likeness (QED) is 0.389. The SMILES string of the molecule is Cc1ncc(-c2ccnc(C(C)(C)O)n2)cc1-n1c(C)cc(OCc2ccc(F)cc2F)c(Cl)c1=O. The molecule has 4 aromatic rings. The van der Waals surface area contributed by atoms with Gasteiger partial charge >= 0.3 is 0 Å². The Kier molecular flexibility index (Phi) is 6.88. The summed E-state index contributed by atoms with van der Waals surface area (Å²) in [4.78, 5) is 26.2. The minimum Gasteiger partial charge on any atom is -0.487 e. The maximum atomic E-state index is 14.0. The highest BCUT2D eigenvalue weighted by Gasteiger charge is 2.21. The Hall–Kier alpha value is -3.69. The number of aryl methyl sites for hydroxylation is 2. The molecule has 3 aromatic heterocycles. The van der Waals surface area contributed by atoms with Crippen LogP contribution in [0.25, 0.3) is 16.9 Å². The molecule has 0 aliphatic carbocycles. The van der Waals surface area contributed by atoms with Crippen LogP contribution in [0.15, 0.2) is 53.6 Å². The first-order chi connectivity index (χ1) is 17.0. The van der Waals surface area contributed by atoms with Gasteiger partial charge in [-0.05, 0) is 52.0 Å². The van der Waals surface area contributed by atoms with E-state index in [1.165, 1.54) is 10.6 Å². The lowest BCUT2D eigenvalue weighted by Crippen LogP contribution is -2.23. The van der Waals surface area contributed by atoms with Crippen LogP contribution in [-0.2, 0) is 12.2 Å². The summed E-state index contributed by atoms with van der Waals surface area (Å²) in [5.41, 5.74) is 1.03. The van der Waals surface area contributed by atoms with Crippen LogP contribution in [-0.4, -0.2) is 24.6 Å². The Morgan fingerprint density at radius 3 is 2.56 bits per heavy atom. The zero-order chi connectivity index (χ0) is 26.2. The third-order valence-electron chi connectivity index (χ3n) is 5.50. The molecule has 0 spiro atoms. The number of benzene rings is 1. The third kappa shape index (κ3) is 5.12. The second-order valence-corrected chi connectivity index (χ2v) is 9.16. The third-order valence-corrected chi connectivity index (χ3v) is 5.85. The standard InChI is InChI=1S/C26H23ClF2N4O3/c1-14-9-22(36-13-16-5-6-18(28)11-19(16)29)23(27)24(34)33(14)21-10-17(12-31-15(21)2)20-7-8-30-25(32-20)26(3,4)35/h5-12,35H,13H2,1-4H3. The first kappa shape index (κ1) is 25.4. The van der Waals surface area contributed by atoms with E-state index in [0.717, 1.165) is 12.1 Å². The van der Waals surface area contributed by atoms with Gasteiger partial charge in [-0.1, -0.05) is 11.6 Å². The Morgan fingerprint density at radius 2 is 1.86 bits per heavy atom. The molecule has 3 heterocycles. The van der Waals surface area contributed by atoms with Crippen molar-refractivity contribution in [2.75, 3.05) is 0 Å². The van der Waals surface area contributed by atoms with Crippen LogP contribution >= 0.6 is 11.6 Å². The van der Waals surface area contributed by atoms with E-state index in [1.54, 1.807) is 58.3 Å². The number of aliphatic hydroxyl groups is 1. The van der Waals surface area contributed by atoms with E-state index < -0.39 is 22.8 Å². The molecular formula is C26H23ClF2N4O3. The second-order valence-electron chi connectivity index (χ2n) is 8.78. The van der Waals surface area contributed by atoms with E-state index in [9.17, 15) is 18.7 Å².